The Morgan fingerprint density at radius 1 is 0.810 bits per heavy atom. The minimum atomic E-state index is -0.971. The van der Waals surface area contributed by atoms with Crippen molar-refractivity contribution in [2.75, 3.05) is 7.11 Å². The van der Waals surface area contributed by atoms with Crippen LogP contribution in [0.2, 0.25) is 0 Å². The second-order valence-electron chi connectivity index (χ2n) is 10.6. The smallest absolute Gasteiger partial charge is 0.408 e. The maximum atomic E-state index is 13.6. The van der Waals surface area contributed by atoms with Gasteiger partial charge in [-0.1, -0.05) is 89.1 Å². The molecule has 0 aliphatic rings. The molecule has 1 heterocycles. The van der Waals surface area contributed by atoms with Crippen molar-refractivity contribution in [3.8, 4) is 0 Å². The van der Waals surface area contributed by atoms with Crippen LogP contribution in [0, 0.1) is 11.8 Å². The summed E-state index contributed by atoms with van der Waals surface area (Å²) in [5.74, 6) is -2.11. The van der Waals surface area contributed by atoms with E-state index in [0.29, 0.717) is 12.8 Å². The summed E-state index contributed by atoms with van der Waals surface area (Å²) in [7, 11) is 1.27. The predicted molar refractivity (Wildman–Crippen MR) is 160 cm³/mol. The predicted octanol–water partition coefficient (Wildman–Crippen LogP) is 4.24. The molecule has 226 valence electrons. The Bertz CT molecular complexity index is 1340. The molecule has 3 amide bonds. The molecule has 3 aromatic rings. The van der Waals surface area contributed by atoms with E-state index in [1.165, 1.54) is 7.11 Å². The van der Waals surface area contributed by atoms with Crippen molar-refractivity contribution in [1.82, 2.24) is 20.9 Å². The van der Waals surface area contributed by atoms with Gasteiger partial charge < -0.3 is 30.4 Å². The maximum absolute atomic E-state index is 13.6. The third-order valence-electron chi connectivity index (χ3n) is 7.68. The molecular formula is C32H42N4O6. The lowest BCUT2D eigenvalue weighted by Gasteiger charge is -2.29. The molecule has 42 heavy (non-hydrogen) atoms. The van der Waals surface area contributed by atoms with Crippen molar-refractivity contribution in [3.05, 3.63) is 71.9 Å². The number of fused-ring (bicyclic) bond motifs is 1. The molecule has 10 nitrogen and oxygen atoms in total. The zero-order valence-electron chi connectivity index (χ0n) is 24.9. The number of methoxy groups -OCH3 is 1. The highest BCUT2D eigenvalue weighted by molar-refractivity contribution is 5.93. The maximum Gasteiger partial charge on any atom is 0.408 e. The van der Waals surface area contributed by atoms with Gasteiger partial charge in [-0.15, -0.1) is 0 Å². The van der Waals surface area contributed by atoms with Gasteiger partial charge >= 0.3 is 12.1 Å². The van der Waals surface area contributed by atoms with E-state index in [0.717, 1.165) is 22.0 Å². The van der Waals surface area contributed by atoms with E-state index in [-0.39, 0.29) is 24.9 Å². The molecule has 0 aliphatic heterocycles. The van der Waals surface area contributed by atoms with Crippen LogP contribution in [0.25, 0.3) is 10.9 Å². The summed E-state index contributed by atoms with van der Waals surface area (Å²) < 4.78 is 10.3. The lowest BCUT2D eigenvalue weighted by atomic mass is 9.94. The molecule has 2 aromatic carbocycles. The van der Waals surface area contributed by atoms with Crippen LogP contribution in [0.1, 0.15) is 51.7 Å². The van der Waals surface area contributed by atoms with Crippen molar-refractivity contribution in [2.45, 2.75) is 71.7 Å². The number of carbonyl (C=O) groups is 4. The molecule has 0 aliphatic carbocycles. The minimum Gasteiger partial charge on any atom is -0.467 e. The summed E-state index contributed by atoms with van der Waals surface area (Å²) in [5, 5.41) is 9.24. The minimum absolute atomic E-state index is 0.0603. The number of aromatic nitrogens is 1. The van der Waals surface area contributed by atoms with Gasteiger partial charge in [0, 0.05) is 23.5 Å². The summed E-state index contributed by atoms with van der Waals surface area (Å²) in [6.45, 7) is 7.56. The van der Waals surface area contributed by atoms with E-state index in [4.69, 9.17) is 9.47 Å². The quantitative estimate of drug-likeness (QED) is 0.211. The number of amides is 3. The number of hydrogen-bond donors (Lipinski definition) is 4. The van der Waals surface area contributed by atoms with Gasteiger partial charge in [0.15, 0.2) is 0 Å². The number of para-hydroxylation sites is 1. The summed E-state index contributed by atoms with van der Waals surface area (Å²) in [4.78, 5) is 55.6. The van der Waals surface area contributed by atoms with Gasteiger partial charge in [-0.3, -0.25) is 9.59 Å². The van der Waals surface area contributed by atoms with Crippen LogP contribution in [0.3, 0.4) is 0 Å². The van der Waals surface area contributed by atoms with Gasteiger partial charge in [-0.2, -0.15) is 0 Å². The van der Waals surface area contributed by atoms with Gasteiger partial charge in [-0.05, 0) is 29.0 Å². The zero-order valence-corrected chi connectivity index (χ0v) is 24.9. The summed E-state index contributed by atoms with van der Waals surface area (Å²) >= 11 is 0. The largest absolute Gasteiger partial charge is 0.467 e. The molecule has 0 saturated carbocycles. The van der Waals surface area contributed by atoms with Crippen LogP contribution < -0.4 is 16.0 Å². The summed E-state index contributed by atoms with van der Waals surface area (Å²) in [6.07, 6.45) is 2.47. The van der Waals surface area contributed by atoms with E-state index >= 15 is 0 Å². The van der Waals surface area contributed by atoms with Crippen molar-refractivity contribution in [2.24, 2.45) is 11.8 Å². The van der Waals surface area contributed by atoms with E-state index in [1.54, 1.807) is 6.20 Å². The first kappa shape index (κ1) is 32.2. The van der Waals surface area contributed by atoms with Crippen LogP contribution >= 0.6 is 0 Å². The average Bonchev–Trinajstić information content (AvgIpc) is 3.42. The standard InChI is InChI=1S/C32H42N4O6/c1-6-20(3)27(29(37)34-26(31(39)41-5)17-23-18-33-25-16-12-11-15-24(23)25)35-30(38)28(21(4)7-2)36-32(40)42-19-22-13-9-8-10-14-22/h8-16,18,20-21,26-28,33H,6-7,17,19H2,1-5H3,(H,34,37)(H,35,38)(H,36,40)/t20-,21+,26-,27+,28+/m1/s1. The first-order valence-electron chi connectivity index (χ1n) is 14.4. The number of H-pyrrole nitrogens is 1. The third kappa shape index (κ3) is 8.58. The number of hydrogen-bond acceptors (Lipinski definition) is 6. The Morgan fingerprint density at radius 2 is 1.40 bits per heavy atom. The van der Waals surface area contributed by atoms with Gasteiger partial charge in [0.05, 0.1) is 7.11 Å². The highest BCUT2D eigenvalue weighted by Crippen LogP contribution is 2.20. The molecule has 0 fully saturated rings. The Balaban J connectivity index is 1.73. The Morgan fingerprint density at radius 3 is 2.05 bits per heavy atom. The highest BCUT2D eigenvalue weighted by Gasteiger charge is 2.34. The molecule has 1 aromatic heterocycles. The first-order valence-corrected chi connectivity index (χ1v) is 14.4. The molecule has 0 spiro atoms. The normalized spacial score (nSPS) is 14.6. The SMILES string of the molecule is CC[C@@H](C)[C@H](NC(=O)[C@@H](NC(=O)OCc1ccccc1)[C@@H](C)CC)C(=O)N[C@H](Cc1c[nH]c2ccccc12)C(=O)OC. The Hall–Kier alpha value is -4.34. The second kappa shape index (κ2) is 15.6. The van der Waals surface area contributed by atoms with E-state index < -0.39 is 42.0 Å². The monoisotopic (exact) mass is 578 g/mol. The van der Waals surface area contributed by atoms with E-state index in [1.807, 2.05) is 82.3 Å². The van der Waals surface area contributed by atoms with Crippen LogP contribution in [0.5, 0.6) is 0 Å². The van der Waals surface area contributed by atoms with Crippen LogP contribution in [0.4, 0.5) is 4.79 Å². The molecule has 0 radical (unpaired) electrons. The summed E-state index contributed by atoms with van der Waals surface area (Å²) in [6, 6.07) is 14.0. The second-order valence-corrected chi connectivity index (χ2v) is 10.6. The van der Waals surface area contributed by atoms with Gasteiger partial charge in [-0.25, -0.2) is 9.59 Å². The molecule has 5 atom stereocenters. The number of alkyl carbamates (subject to hydrolysis) is 1. The van der Waals surface area contributed by atoms with Crippen molar-refractivity contribution in [3.63, 3.8) is 0 Å². The van der Waals surface area contributed by atoms with Crippen LogP contribution in [-0.2, 0) is 36.9 Å². The van der Waals surface area contributed by atoms with E-state index in [9.17, 15) is 19.2 Å². The number of carbonyl (C=O) groups excluding carboxylic acids is 4. The lowest BCUT2D eigenvalue weighted by molar-refractivity contribution is -0.145. The molecule has 3 rings (SSSR count). The van der Waals surface area contributed by atoms with Crippen molar-refractivity contribution < 1.29 is 28.7 Å². The van der Waals surface area contributed by atoms with Gasteiger partial charge in [0.2, 0.25) is 11.8 Å². The zero-order chi connectivity index (χ0) is 30.6. The molecule has 10 heteroatoms. The molecular weight excluding hydrogens is 536 g/mol. The number of nitrogens with one attached hydrogen (secondary N) is 4. The van der Waals surface area contributed by atoms with Gasteiger partial charge in [0.25, 0.3) is 0 Å². The Labute approximate surface area is 246 Å². The topological polar surface area (TPSA) is 139 Å². The number of aromatic amines is 1. The van der Waals surface area contributed by atoms with E-state index in [2.05, 4.69) is 20.9 Å². The fraction of sp³-hybridized carbons (Fsp3) is 0.438. The first-order chi connectivity index (χ1) is 20.2. The number of esters is 1. The average molecular weight is 579 g/mol. The number of rotatable bonds is 14. The van der Waals surface area contributed by atoms with Crippen molar-refractivity contribution >= 4 is 34.8 Å². The molecule has 0 unspecified atom stereocenters. The summed E-state index contributed by atoms with van der Waals surface area (Å²) in [5.41, 5.74) is 2.58. The van der Waals surface area contributed by atoms with Crippen LogP contribution in [-0.4, -0.2) is 54.1 Å². The fourth-order valence-electron chi connectivity index (χ4n) is 4.66. The van der Waals surface area contributed by atoms with Crippen molar-refractivity contribution in [1.29, 1.82) is 0 Å². The number of benzene rings is 2. The Kier molecular flexibility index (Phi) is 12.0. The molecule has 4 N–H and O–H groups in total. The highest BCUT2D eigenvalue weighted by atomic mass is 16.5. The number of ether oxygens (including phenoxy) is 2. The molecule has 0 saturated heterocycles. The molecule has 0 bridgehead atoms. The fourth-order valence-corrected chi connectivity index (χ4v) is 4.66. The van der Waals surface area contributed by atoms with Gasteiger partial charge in [0.1, 0.15) is 24.7 Å². The third-order valence-corrected chi connectivity index (χ3v) is 7.68. The lowest BCUT2D eigenvalue weighted by Crippen LogP contribution is -2.59. The van der Waals surface area contributed by atoms with Crippen LogP contribution in [0.15, 0.2) is 60.8 Å².